The van der Waals surface area contributed by atoms with E-state index in [0.717, 1.165) is 44.1 Å². The number of nitrogens with zero attached hydrogens (tertiary/aromatic N) is 6. The molecule has 1 saturated heterocycles. The largest absolute Gasteiger partial charge is 0.349 e. The highest BCUT2D eigenvalue weighted by Crippen LogP contribution is 2.15. The van der Waals surface area contributed by atoms with Gasteiger partial charge in [-0.2, -0.15) is 0 Å². The van der Waals surface area contributed by atoms with E-state index in [2.05, 4.69) is 19.8 Å². The number of aryl methyl sites for hydroxylation is 1. The van der Waals surface area contributed by atoms with Gasteiger partial charge < -0.3 is 13.9 Å². The molecule has 3 aromatic rings. The average molecular weight is 359 g/mol. The summed E-state index contributed by atoms with van der Waals surface area (Å²) in [6, 6.07) is 3.76. The fourth-order valence-electron chi connectivity index (χ4n) is 3.14. The number of anilines is 1. The Labute approximate surface area is 150 Å². The zero-order chi connectivity index (χ0) is 17.4. The summed E-state index contributed by atoms with van der Waals surface area (Å²) in [6.07, 6.45) is 7.23. The lowest BCUT2D eigenvalue weighted by atomic mass is 10.3. The number of halogens is 1. The number of hydrogen-bond acceptors (Lipinski definition) is 5. The summed E-state index contributed by atoms with van der Waals surface area (Å²) in [5, 5.41) is 0.696. The van der Waals surface area contributed by atoms with Crippen LogP contribution in [0.25, 0.3) is 5.65 Å². The normalized spacial score (nSPS) is 15.8. The lowest BCUT2D eigenvalue weighted by Crippen LogP contribution is -2.48. The summed E-state index contributed by atoms with van der Waals surface area (Å²) < 4.78 is 3.52. The Bertz CT molecular complexity index is 957. The zero-order valence-corrected chi connectivity index (χ0v) is 14.7. The smallest absolute Gasteiger partial charge is 0.293 e. The van der Waals surface area contributed by atoms with Crippen LogP contribution in [0.1, 0.15) is 5.69 Å². The molecule has 8 heteroatoms. The van der Waals surface area contributed by atoms with Crippen molar-refractivity contribution in [1.29, 1.82) is 0 Å². The minimum absolute atomic E-state index is 0.0480. The van der Waals surface area contributed by atoms with E-state index >= 15 is 0 Å². The highest BCUT2D eigenvalue weighted by atomic mass is 35.5. The third-order valence-electron chi connectivity index (χ3n) is 4.52. The van der Waals surface area contributed by atoms with Crippen LogP contribution in [0, 0.1) is 0 Å². The first-order chi connectivity index (χ1) is 12.1. The standard InChI is InChI=1S/C17H19ClN6O/c1-21-5-4-19-16(17(21)25)23-8-6-22(7-9-23)11-14-12-24-10-13(18)2-3-15(24)20-14/h2-5,10,12H,6-9,11H2,1H3. The van der Waals surface area contributed by atoms with Gasteiger partial charge in [0.1, 0.15) is 5.65 Å². The van der Waals surface area contributed by atoms with Crippen molar-refractivity contribution in [2.45, 2.75) is 6.54 Å². The van der Waals surface area contributed by atoms with Gasteiger partial charge in [0.25, 0.3) is 5.56 Å². The summed E-state index contributed by atoms with van der Waals surface area (Å²) in [7, 11) is 1.75. The van der Waals surface area contributed by atoms with E-state index in [0.29, 0.717) is 10.8 Å². The molecule has 3 aromatic heterocycles. The van der Waals surface area contributed by atoms with E-state index in [1.54, 1.807) is 24.0 Å². The highest BCUT2D eigenvalue weighted by molar-refractivity contribution is 6.30. The fourth-order valence-corrected chi connectivity index (χ4v) is 3.31. The predicted octanol–water partition coefficient (Wildman–Crippen LogP) is 1.40. The van der Waals surface area contributed by atoms with Gasteiger partial charge in [0.2, 0.25) is 0 Å². The molecule has 0 saturated carbocycles. The van der Waals surface area contributed by atoms with Crippen LogP contribution in [0.15, 0.2) is 41.7 Å². The van der Waals surface area contributed by atoms with Gasteiger partial charge in [0.05, 0.1) is 10.7 Å². The highest BCUT2D eigenvalue weighted by Gasteiger charge is 2.21. The summed E-state index contributed by atoms with van der Waals surface area (Å²) in [4.78, 5) is 25.5. The molecule has 1 aliphatic rings. The Kier molecular flexibility index (Phi) is 4.19. The number of hydrogen-bond donors (Lipinski definition) is 0. The van der Waals surface area contributed by atoms with E-state index < -0.39 is 0 Å². The van der Waals surface area contributed by atoms with Gasteiger partial charge in [-0.1, -0.05) is 11.6 Å². The molecule has 0 aliphatic carbocycles. The van der Waals surface area contributed by atoms with Crippen LogP contribution < -0.4 is 10.5 Å². The van der Waals surface area contributed by atoms with Gasteiger partial charge in [0, 0.05) is 64.6 Å². The number of rotatable bonds is 3. The molecule has 0 N–H and O–H groups in total. The summed E-state index contributed by atoms with van der Waals surface area (Å²) in [6.45, 7) is 4.09. The van der Waals surface area contributed by atoms with Gasteiger partial charge >= 0.3 is 0 Å². The van der Waals surface area contributed by atoms with E-state index in [-0.39, 0.29) is 5.56 Å². The maximum absolute atomic E-state index is 12.2. The maximum Gasteiger partial charge on any atom is 0.293 e. The Morgan fingerprint density at radius 2 is 1.96 bits per heavy atom. The lowest BCUT2D eigenvalue weighted by molar-refractivity contribution is 0.246. The van der Waals surface area contributed by atoms with E-state index in [1.807, 2.05) is 28.9 Å². The van der Waals surface area contributed by atoms with Gasteiger partial charge in [0.15, 0.2) is 5.82 Å². The number of aromatic nitrogens is 4. The van der Waals surface area contributed by atoms with Gasteiger partial charge in [-0.05, 0) is 12.1 Å². The minimum Gasteiger partial charge on any atom is -0.349 e. The topological polar surface area (TPSA) is 58.7 Å². The Morgan fingerprint density at radius 3 is 2.76 bits per heavy atom. The van der Waals surface area contributed by atoms with Crippen molar-refractivity contribution >= 4 is 23.1 Å². The Balaban J connectivity index is 1.43. The molecule has 4 rings (SSSR count). The van der Waals surface area contributed by atoms with Gasteiger partial charge in [-0.15, -0.1) is 0 Å². The lowest BCUT2D eigenvalue weighted by Gasteiger charge is -2.34. The minimum atomic E-state index is -0.0480. The summed E-state index contributed by atoms with van der Waals surface area (Å²) in [5.74, 6) is 0.534. The molecular formula is C17H19ClN6O. The van der Waals surface area contributed by atoms with Crippen molar-refractivity contribution in [2.75, 3.05) is 31.1 Å². The van der Waals surface area contributed by atoms with Crippen LogP contribution in [0.5, 0.6) is 0 Å². The van der Waals surface area contributed by atoms with Crippen molar-refractivity contribution in [3.8, 4) is 0 Å². The van der Waals surface area contributed by atoms with Crippen LogP contribution >= 0.6 is 11.6 Å². The molecule has 130 valence electrons. The Hall–Kier alpha value is -2.38. The SMILES string of the molecule is Cn1ccnc(N2CCN(Cc3cn4cc(Cl)ccc4n3)CC2)c1=O. The molecule has 7 nitrogen and oxygen atoms in total. The second-order valence-electron chi connectivity index (χ2n) is 6.28. The molecule has 1 fully saturated rings. The monoisotopic (exact) mass is 358 g/mol. The number of fused-ring (bicyclic) bond motifs is 1. The van der Waals surface area contributed by atoms with Crippen molar-refractivity contribution in [2.24, 2.45) is 7.05 Å². The maximum atomic E-state index is 12.2. The predicted molar refractivity (Wildman–Crippen MR) is 97.2 cm³/mol. The van der Waals surface area contributed by atoms with Gasteiger partial charge in [-0.25, -0.2) is 9.97 Å². The fraction of sp³-hybridized carbons (Fsp3) is 0.353. The van der Waals surface area contributed by atoms with Crippen LogP contribution in [-0.2, 0) is 13.6 Å². The number of piperazine rings is 1. The third kappa shape index (κ3) is 3.25. The second kappa shape index (κ2) is 6.50. The first kappa shape index (κ1) is 16.1. The molecule has 0 amide bonds. The molecular weight excluding hydrogens is 340 g/mol. The summed E-state index contributed by atoms with van der Waals surface area (Å²) >= 11 is 6.02. The zero-order valence-electron chi connectivity index (χ0n) is 14.0. The molecule has 4 heterocycles. The third-order valence-corrected chi connectivity index (χ3v) is 4.74. The van der Waals surface area contributed by atoms with E-state index in [4.69, 9.17) is 11.6 Å². The van der Waals surface area contributed by atoms with Gasteiger partial charge in [-0.3, -0.25) is 9.69 Å². The number of pyridine rings is 1. The molecule has 0 unspecified atom stereocenters. The van der Waals surface area contributed by atoms with Crippen molar-refractivity contribution in [1.82, 2.24) is 23.8 Å². The average Bonchev–Trinajstić information content (AvgIpc) is 2.99. The molecule has 1 aliphatic heterocycles. The van der Waals surface area contributed by atoms with E-state index in [9.17, 15) is 4.79 Å². The van der Waals surface area contributed by atoms with Crippen molar-refractivity contribution < 1.29 is 0 Å². The first-order valence-electron chi connectivity index (χ1n) is 8.22. The van der Waals surface area contributed by atoms with Crippen LogP contribution in [-0.4, -0.2) is 50.0 Å². The number of imidazole rings is 1. The molecule has 0 atom stereocenters. The molecule has 0 radical (unpaired) electrons. The molecule has 0 spiro atoms. The van der Waals surface area contributed by atoms with Crippen LogP contribution in [0.3, 0.4) is 0 Å². The second-order valence-corrected chi connectivity index (χ2v) is 6.71. The molecule has 0 bridgehead atoms. The van der Waals surface area contributed by atoms with Crippen molar-refractivity contribution in [3.63, 3.8) is 0 Å². The Morgan fingerprint density at radius 1 is 1.16 bits per heavy atom. The van der Waals surface area contributed by atoms with E-state index in [1.165, 1.54) is 0 Å². The molecule has 0 aromatic carbocycles. The first-order valence-corrected chi connectivity index (χ1v) is 8.60. The van der Waals surface area contributed by atoms with Crippen LogP contribution in [0.4, 0.5) is 5.82 Å². The van der Waals surface area contributed by atoms with Crippen LogP contribution in [0.2, 0.25) is 5.02 Å². The molecule has 25 heavy (non-hydrogen) atoms. The quantitative estimate of drug-likeness (QED) is 0.708. The summed E-state index contributed by atoms with van der Waals surface area (Å²) in [5.41, 5.74) is 1.87. The van der Waals surface area contributed by atoms with Crippen molar-refractivity contribution in [3.05, 3.63) is 58.0 Å².